The smallest absolute Gasteiger partial charge is 0.228 e. The Morgan fingerprint density at radius 2 is 0.792 bits per heavy atom. The first kappa shape index (κ1) is 29.5. The van der Waals surface area contributed by atoms with Gasteiger partial charge in [-0.2, -0.15) is 0 Å². The van der Waals surface area contributed by atoms with Crippen LogP contribution in [0.5, 0.6) is 0 Å². The Balaban J connectivity index is 1.11. The molecule has 8 aromatic carbocycles. The number of pyridine rings is 1. The van der Waals surface area contributed by atoms with E-state index in [-0.39, 0.29) is 0 Å². The van der Waals surface area contributed by atoms with Crippen LogP contribution in [-0.2, 0) is 0 Å². The van der Waals surface area contributed by atoms with E-state index in [1.165, 1.54) is 32.3 Å². The van der Waals surface area contributed by atoms with E-state index in [2.05, 4.69) is 115 Å². The Morgan fingerprint density at radius 3 is 1.49 bits per heavy atom. The highest BCUT2D eigenvalue weighted by atomic mass is 16.3. The van der Waals surface area contributed by atoms with E-state index in [9.17, 15) is 0 Å². The predicted octanol–water partition coefficient (Wildman–Crippen LogP) is 12.4. The molecule has 0 spiro atoms. The second-order valence-corrected chi connectivity index (χ2v) is 13.4. The average molecular weight is 677 g/mol. The van der Waals surface area contributed by atoms with Crippen LogP contribution in [0.2, 0.25) is 0 Å². The number of rotatable bonds is 4. The predicted molar refractivity (Wildman–Crippen MR) is 217 cm³/mol. The number of benzene rings is 8. The fourth-order valence-corrected chi connectivity index (χ4v) is 7.86. The van der Waals surface area contributed by atoms with E-state index in [1.54, 1.807) is 0 Å². The standard InChI is InChI=1S/C48H28N4O/c1-2-13-29(14-3-1)45-50-46(52-47(51-45)32-25-26-37-35-19-5-4-17-33(35)34-18-6-7-20-36(34)41(37)28-32)31-16-12-15-30(27-31)44-39-22-9-8-21-38(39)43-40-23-10-11-24-42(40)53-48(43)49-44/h1-28H. The topological polar surface area (TPSA) is 64.7 Å². The highest BCUT2D eigenvalue weighted by Gasteiger charge is 2.18. The fraction of sp³-hybridized carbons (Fsp3) is 0. The molecule has 0 unspecified atom stereocenters. The van der Waals surface area contributed by atoms with Gasteiger partial charge in [-0.25, -0.2) is 19.9 Å². The number of para-hydroxylation sites is 1. The summed E-state index contributed by atoms with van der Waals surface area (Å²) >= 11 is 0. The van der Waals surface area contributed by atoms with Gasteiger partial charge in [-0.15, -0.1) is 0 Å². The monoisotopic (exact) mass is 676 g/mol. The number of hydrogen-bond acceptors (Lipinski definition) is 5. The van der Waals surface area contributed by atoms with Crippen molar-refractivity contribution in [3.05, 3.63) is 170 Å². The summed E-state index contributed by atoms with van der Waals surface area (Å²) in [5.74, 6) is 1.82. The SMILES string of the molecule is c1ccc(-c2nc(-c3cccc(-c4nc5oc6ccccc6c5c5ccccc45)c3)nc(-c3ccc4c5ccccc5c5ccccc5c4c3)n2)cc1. The van der Waals surface area contributed by atoms with Crippen molar-refractivity contribution in [1.29, 1.82) is 0 Å². The molecule has 0 aliphatic carbocycles. The summed E-state index contributed by atoms with van der Waals surface area (Å²) in [5, 5.41) is 11.5. The summed E-state index contributed by atoms with van der Waals surface area (Å²) in [6.45, 7) is 0. The molecule has 0 aliphatic heterocycles. The Morgan fingerprint density at radius 1 is 0.302 bits per heavy atom. The first-order valence-electron chi connectivity index (χ1n) is 17.7. The molecule has 0 amide bonds. The van der Waals surface area contributed by atoms with Crippen LogP contribution in [0.3, 0.4) is 0 Å². The number of aromatic nitrogens is 4. The van der Waals surface area contributed by atoms with E-state index < -0.39 is 0 Å². The molecular weight excluding hydrogens is 649 g/mol. The zero-order valence-corrected chi connectivity index (χ0v) is 28.4. The van der Waals surface area contributed by atoms with Crippen LogP contribution in [0.4, 0.5) is 0 Å². The maximum atomic E-state index is 6.30. The van der Waals surface area contributed by atoms with Crippen LogP contribution >= 0.6 is 0 Å². The highest BCUT2D eigenvalue weighted by molar-refractivity contribution is 6.25. The van der Waals surface area contributed by atoms with Gasteiger partial charge in [0, 0.05) is 33.0 Å². The van der Waals surface area contributed by atoms with Gasteiger partial charge in [0.05, 0.1) is 11.1 Å². The minimum atomic E-state index is 0.591. The lowest BCUT2D eigenvalue weighted by atomic mass is 9.93. The van der Waals surface area contributed by atoms with Crippen LogP contribution in [0.25, 0.3) is 111 Å². The Kier molecular flexibility index (Phi) is 6.48. The molecule has 0 bridgehead atoms. The first-order chi connectivity index (χ1) is 26.3. The van der Waals surface area contributed by atoms with Crippen LogP contribution in [0.15, 0.2) is 174 Å². The molecule has 3 heterocycles. The Hall–Kier alpha value is -7.24. The minimum Gasteiger partial charge on any atom is -0.438 e. The summed E-state index contributed by atoms with van der Waals surface area (Å²) in [6.07, 6.45) is 0. The van der Waals surface area contributed by atoms with Gasteiger partial charge < -0.3 is 4.42 Å². The summed E-state index contributed by atoms with van der Waals surface area (Å²) in [7, 11) is 0. The summed E-state index contributed by atoms with van der Waals surface area (Å²) in [6, 6.07) is 58.8. The third-order valence-electron chi connectivity index (χ3n) is 10.3. The van der Waals surface area contributed by atoms with E-state index in [4.69, 9.17) is 24.4 Å². The van der Waals surface area contributed by atoms with Crippen LogP contribution in [0, 0.1) is 0 Å². The van der Waals surface area contributed by atoms with E-state index >= 15 is 0 Å². The average Bonchev–Trinajstić information content (AvgIpc) is 3.62. The lowest BCUT2D eigenvalue weighted by Crippen LogP contribution is -2.00. The van der Waals surface area contributed by atoms with Crippen LogP contribution < -0.4 is 0 Å². The van der Waals surface area contributed by atoms with Gasteiger partial charge in [0.15, 0.2) is 17.5 Å². The lowest BCUT2D eigenvalue weighted by molar-refractivity contribution is 0.655. The lowest BCUT2D eigenvalue weighted by Gasteiger charge is -2.13. The molecule has 53 heavy (non-hydrogen) atoms. The van der Waals surface area contributed by atoms with E-state index in [0.29, 0.717) is 23.2 Å². The van der Waals surface area contributed by atoms with Crippen molar-refractivity contribution >= 4 is 65.2 Å². The molecule has 0 saturated heterocycles. The van der Waals surface area contributed by atoms with Gasteiger partial charge in [-0.3, -0.25) is 0 Å². The zero-order chi connectivity index (χ0) is 34.9. The number of nitrogens with zero attached hydrogens (tertiary/aromatic N) is 4. The van der Waals surface area contributed by atoms with Crippen molar-refractivity contribution in [2.24, 2.45) is 0 Å². The summed E-state index contributed by atoms with van der Waals surface area (Å²) in [4.78, 5) is 20.4. The molecular formula is C48H28N4O. The maximum Gasteiger partial charge on any atom is 0.228 e. The van der Waals surface area contributed by atoms with Crippen molar-refractivity contribution in [3.63, 3.8) is 0 Å². The molecule has 246 valence electrons. The van der Waals surface area contributed by atoms with Crippen molar-refractivity contribution in [3.8, 4) is 45.4 Å². The van der Waals surface area contributed by atoms with Crippen molar-refractivity contribution in [2.75, 3.05) is 0 Å². The molecule has 0 radical (unpaired) electrons. The summed E-state index contributed by atoms with van der Waals surface area (Å²) < 4.78 is 6.30. The van der Waals surface area contributed by atoms with Gasteiger partial charge in [-0.1, -0.05) is 152 Å². The number of fused-ring (bicyclic) bond motifs is 11. The van der Waals surface area contributed by atoms with Gasteiger partial charge in [-0.05, 0) is 55.9 Å². The van der Waals surface area contributed by atoms with Gasteiger partial charge >= 0.3 is 0 Å². The highest BCUT2D eigenvalue weighted by Crippen LogP contribution is 2.40. The molecule has 11 aromatic rings. The molecule has 0 saturated carbocycles. The summed E-state index contributed by atoms with van der Waals surface area (Å²) in [5.41, 5.74) is 5.97. The molecule has 0 N–H and O–H groups in total. The van der Waals surface area contributed by atoms with E-state index in [1.807, 2.05) is 54.6 Å². The van der Waals surface area contributed by atoms with Crippen molar-refractivity contribution in [2.45, 2.75) is 0 Å². The maximum absolute atomic E-state index is 6.30. The largest absolute Gasteiger partial charge is 0.438 e. The molecule has 3 aromatic heterocycles. The van der Waals surface area contributed by atoms with Gasteiger partial charge in [0.2, 0.25) is 5.71 Å². The molecule has 0 atom stereocenters. The second-order valence-electron chi connectivity index (χ2n) is 13.4. The van der Waals surface area contributed by atoms with Crippen LogP contribution in [-0.4, -0.2) is 19.9 Å². The second kappa shape index (κ2) is 11.7. The van der Waals surface area contributed by atoms with Gasteiger partial charge in [0.25, 0.3) is 0 Å². The third-order valence-corrected chi connectivity index (χ3v) is 10.3. The normalized spacial score (nSPS) is 11.8. The Labute approximate surface area is 303 Å². The third kappa shape index (κ3) is 4.71. The molecule has 0 aliphatic rings. The number of furan rings is 1. The molecule has 5 nitrogen and oxygen atoms in total. The molecule has 0 fully saturated rings. The van der Waals surface area contributed by atoms with Crippen molar-refractivity contribution in [1.82, 2.24) is 19.9 Å². The Bertz CT molecular complexity index is 3200. The number of hydrogen-bond donors (Lipinski definition) is 0. The van der Waals surface area contributed by atoms with Crippen LogP contribution in [0.1, 0.15) is 0 Å². The molecule has 5 heteroatoms. The minimum absolute atomic E-state index is 0.591. The first-order valence-corrected chi connectivity index (χ1v) is 17.7. The van der Waals surface area contributed by atoms with Gasteiger partial charge in [0.1, 0.15) is 5.58 Å². The van der Waals surface area contributed by atoms with E-state index in [0.717, 1.165) is 55.1 Å². The quantitative estimate of drug-likeness (QED) is 0.174. The molecule has 11 rings (SSSR count). The fourth-order valence-electron chi connectivity index (χ4n) is 7.86. The zero-order valence-electron chi connectivity index (χ0n) is 28.4. The van der Waals surface area contributed by atoms with Crippen molar-refractivity contribution < 1.29 is 4.42 Å².